The second-order valence-electron chi connectivity index (χ2n) is 6.24. The van der Waals surface area contributed by atoms with Gasteiger partial charge in [-0.15, -0.1) is 0 Å². The van der Waals surface area contributed by atoms with Gasteiger partial charge in [-0.05, 0) is 19.1 Å². The van der Waals surface area contributed by atoms with E-state index in [0.717, 1.165) is 16.5 Å². The van der Waals surface area contributed by atoms with Crippen molar-refractivity contribution in [1.29, 1.82) is 0 Å². The van der Waals surface area contributed by atoms with Crippen molar-refractivity contribution in [3.63, 3.8) is 0 Å². The van der Waals surface area contributed by atoms with Crippen molar-refractivity contribution in [3.8, 4) is 11.3 Å². The molecule has 28 heavy (non-hydrogen) atoms. The molecule has 0 unspecified atom stereocenters. The Morgan fingerprint density at radius 1 is 0.893 bits per heavy atom. The third-order valence-corrected chi connectivity index (χ3v) is 4.20. The Kier molecular flexibility index (Phi) is 4.55. The van der Waals surface area contributed by atoms with E-state index in [1.54, 1.807) is 12.1 Å². The van der Waals surface area contributed by atoms with Crippen LogP contribution in [0, 0.1) is 6.92 Å². The van der Waals surface area contributed by atoms with Crippen molar-refractivity contribution in [2.24, 2.45) is 0 Å². The fourth-order valence-electron chi connectivity index (χ4n) is 2.67. The number of carbonyl (C=O) groups is 2. The molecule has 0 saturated carbocycles. The van der Waals surface area contributed by atoms with E-state index in [-0.39, 0.29) is 11.5 Å². The Labute approximate surface area is 160 Å². The first kappa shape index (κ1) is 17.4. The van der Waals surface area contributed by atoms with Crippen molar-refractivity contribution in [1.82, 2.24) is 21.0 Å². The van der Waals surface area contributed by atoms with Crippen LogP contribution in [0.4, 0.5) is 0 Å². The van der Waals surface area contributed by atoms with Gasteiger partial charge in [-0.3, -0.25) is 20.4 Å². The second kappa shape index (κ2) is 7.32. The van der Waals surface area contributed by atoms with E-state index in [1.165, 1.54) is 6.07 Å². The van der Waals surface area contributed by atoms with Crippen LogP contribution >= 0.6 is 0 Å². The molecule has 7 heteroatoms. The van der Waals surface area contributed by atoms with Gasteiger partial charge in [-0.1, -0.05) is 59.3 Å². The van der Waals surface area contributed by atoms with Gasteiger partial charge in [-0.25, -0.2) is 4.98 Å². The molecular formula is C21H16N4O3. The summed E-state index contributed by atoms with van der Waals surface area (Å²) >= 11 is 0. The van der Waals surface area contributed by atoms with E-state index in [4.69, 9.17) is 4.52 Å². The summed E-state index contributed by atoms with van der Waals surface area (Å²) in [5.41, 5.74) is 8.01. The van der Waals surface area contributed by atoms with Gasteiger partial charge in [0.15, 0.2) is 0 Å². The van der Waals surface area contributed by atoms with Crippen molar-refractivity contribution >= 4 is 22.7 Å². The first-order chi connectivity index (χ1) is 13.6. The molecule has 0 aliphatic carbocycles. The third-order valence-electron chi connectivity index (χ3n) is 4.20. The van der Waals surface area contributed by atoms with Crippen LogP contribution in [0.5, 0.6) is 0 Å². The molecule has 0 atom stereocenters. The predicted octanol–water partition coefficient (Wildman–Crippen LogP) is 3.27. The molecule has 0 aliphatic rings. The number of rotatable bonds is 3. The van der Waals surface area contributed by atoms with Gasteiger partial charge in [0.25, 0.3) is 5.91 Å². The zero-order valence-corrected chi connectivity index (χ0v) is 15.0. The average molecular weight is 372 g/mol. The molecule has 0 radical (unpaired) electrons. The fourth-order valence-corrected chi connectivity index (χ4v) is 2.67. The van der Waals surface area contributed by atoms with Gasteiger partial charge in [0, 0.05) is 17.0 Å². The summed E-state index contributed by atoms with van der Waals surface area (Å²) in [6.45, 7) is 1.98. The predicted molar refractivity (Wildman–Crippen MR) is 103 cm³/mol. The average Bonchev–Trinajstić information content (AvgIpc) is 3.22. The van der Waals surface area contributed by atoms with Crippen LogP contribution in [-0.2, 0) is 0 Å². The number of hydrogen-bond acceptors (Lipinski definition) is 5. The van der Waals surface area contributed by atoms with Crippen molar-refractivity contribution in [3.05, 3.63) is 83.7 Å². The first-order valence-corrected chi connectivity index (χ1v) is 8.60. The zero-order valence-electron chi connectivity index (χ0n) is 15.0. The van der Waals surface area contributed by atoms with Gasteiger partial charge in [0.2, 0.25) is 5.76 Å². The molecule has 0 spiro atoms. The van der Waals surface area contributed by atoms with Crippen LogP contribution in [-0.4, -0.2) is 22.0 Å². The van der Waals surface area contributed by atoms with Crippen LogP contribution in [0.25, 0.3) is 22.2 Å². The number of amides is 2. The molecule has 2 aromatic carbocycles. The molecule has 0 bridgehead atoms. The Bertz CT molecular complexity index is 1170. The molecular weight excluding hydrogens is 356 g/mol. The number of pyridine rings is 1. The minimum atomic E-state index is -0.611. The van der Waals surface area contributed by atoms with E-state index in [0.29, 0.717) is 11.2 Å². The van der Waals surface area contributed by atoms with Crippen LogP contribution in [0.3, 0.4) is 0 Å². The highest BCUT2D eigenvalue weighted by atomic mass is 16.5. The molecule has 7 nitrogen and oxygen atoms in total. The van der Waals surface area contributed by atoms with E-state index in [2.05, 4.69) is 21.0 Å². The number of para-hydroxylation sites is 1. The molecule has 4 aromatic rings. The van der Waals surface area contributed by atoms with Crippen LogP contribution in [0.15, 0.2) is 71.3 Å². The third kappa shape index (κ3) is 3.59. The summed E-state index contributed by atoms with van der Waals surface area (Å²) in [5.74, 6) is -1.15. The zero-order chi connectivity index (χ0) is 19.5. The molecule has 0 fully saturated rings. The molecule has 2 amide bonds. The van der Waals surface area contributed by atoms with E-state index < -0.39 is 11.8 Å². The van der Waals surface area contributed by atoms with Crippen molar-refractivity contribution in [2.75, 3.05) is 0 Å². The number of carbonyl (C=O) groups excluding carboxylic acids is 2. The minimum Gasteiger partial charge on any atom is -0.350 e. The van der Waals surface area contributed by atoms with Gasteiger partial charge in [-0.2, -0.15) is 0 Å². The maximum atomic E-state index is 12.2. The molecule has 2 N–H and O–H groups in total. The van der Waals surface area contributed by atoms with Crippen molar-refractivity contribution < 1.29 is 14.1 Å². The monoisotopic (exact) mass is 372 g/mol. The fraction of sp³-hybridized carbons (Fsp3) is 0.0476. The van der Waals surface area contributed by atoms with Gasteiger partial charge in [0.1, 0.15) is 11.4 Å². The quantitative estimate of drug-likeness (QED) is 0.538. The van der Waals surface area contributed by atoms with Crippen LogP contribution < -0.4 is 10.9 Å². The minimum absolute atomic E-state index is 0.0117. The SMILES string of the molecule is Cc1ccc(-c2cc(C(=O)NNC(=O)c3ccc4ccccc4n3)on2)cc1. The number of hydrogen-bond donors (Lipinski definition) is 2. The maximum Gasteiger partial charge on any atom is 0.308 e. The smallest absolute Gasteiger partial charge is 0.308 e. The van der Waals surface area contributed by atoms with Gasteiger partial charge >= 0.3 is 5.91 Å². The molecule has 2 aromatic heterocycles. The lowest BCUT2D eigenvalue weighted by molar-refractivity contribution is 0.0823. The van der Waals surface area contributed by atoms with Crippen LogP contribution in [0.2, 0.25) is 0 Å². The Balaban J connectivity index is 1.42. The normalized spacial score (nSPS) is 10.6. The summed E-state index contributed by atoms with van der Waals surface area (Å²) < 4.78 is 5.08. The number of hydrazine groups is 1. The van der Waals surface area contributed by atoms with Gasteiger partial charge < -0.3 is 4.52 Å². The van der Waals surface area contributed by atoms with Gasteiger partial charge in [0.05, 0.1) is 5.52 Å². The summed E-state index contributed by atoms with van der Waals surface area (Å²) in [6, 6.07) is 20.0. The Hall–Kier alpha value is -4.00. The lowest BCUT2D eigenvalue weighted by atomic mass is 10.1. The molecule has 4 rings (SSSR count). The van der Waals surface area contributed by atoms with Crippen molar-refractivity contribution in [2.45, 2.75) is 6.92 Å². The van der Waals surface area contributed by atoms with E-state index >= 15 is 0 Å². The Morgan fingerprint density at radius 2 is 1.64 bits per heavy atom. The maximum absolute atomic E-state index is 12.2. The lowest BCUT2D eigenvalue weighted by Gasteiger charge is -2.05. The highest BCUT2D eigenvalue weighted by Crippen LogP contribution is 2.19. The number of benzene rings is 2. The number of aryl methyl sites for hydroxylation is 1. The number of aromatic nitrogens is 2. The molecule has 0 aliphatic heterocycles. The van der Waals surface area contributed by atoms with E-state index in [9.17, 15) is 9.59 Å². The summed E-state index contributed by atoms with van der Waals surface area (Å²) in [6.07, 6.45) is 0. The standard InChI is InChI=1S/C21H16N4O3/c1-13-6-8-15(9-7-13)18-12-19(28-25-18)21(27)24-23-20(26)17-11-10-14-4-2-3-5-16(14)22-17/h2-12H,1H3,(H,23,26)(H,24,27). The first-order valence-electron chi connectivity index (χ1n) is 8.60. The van der Waals surface area contributed by atoms with Crippen LogP contribution in [0.1, 0.15) is 26.6 Å². The highest BCUT2D eigenvalue weighted by molar-refractivity contribution is 5.98. The number of nitrogens with zero attached hydrogens (tertiary/aromatic N) is 2. The second-order valence-corrected chi connectivity index (χ2v) is 6.24. The molecule has 2 heterocycles. The Morgan fingerprint density at radius 3 is 2.46 bits per heavy atom. The summed E-state index contributed by atoms with van der Waals surface area (Å²) in [5, 5.41) is 4.82. The number of nitrogens with one attached hydrogen (secondary N) is 2. The molecule has 138 valence electrons. The summed E-state index contributed by atoms with van der Waals surface area (Å²) in [7, 11) is 0. The van der Waals surface area contributed by atoms with E-state index in [1.807, 2.05) is 55.5 Å². The lowest BCUT2D eigenvalue weighted by Crippen LogP contribution is -2.41. The number of fused-ring (bicyclic) bond motifs is 1. The highest BCUT2D eigenvalue weighted by Gasteiger charge is 2.16. The molecule has 0 saturated heterocycles. The topological polar surface area (TPSA) is 97.1 Å². The largest absolute Gasteiger partial charge is 0.350 e. The summed E-state index contributed by atoms with van der Waals surface area (Å²) in [4.78, 5) is 28.7.